The maximum Gasteiger partial charge on any atom is 0.237 e. The molecule has 5 heteroatoms. The van der Waals surface area contributed by atoms with Gasteiger partial charge in [0.15, 0.2) is 0 Å². The summed E-state index contributed by atoms with van der Waals surface area (Å²) in [7, 11) is 1.55. The molecule has 0 saturated heterocycles. The van der Waals surface area contributed by atoms with Crippen LogP contribution in [0, 0.1) is 0 Å². The van der Waals surface area contributed by atoms with Crippen molar-refractivity contribution >= 4 is 0 Å². The summed E-state index contributed by atoms with van der Waals surface area (Å²) in [5, 5.41) is 0. The van der Waals surface area contributed by atoms with Crippen molar-refractivity contribution in [3.05, 3.63) is 30.7 Å². The number of nitrogens with two attached hydrogens (primary N) is 1. The van der Waals surface area contributed by atoms with E-state index in [9.17, 15) is 0 Å². The van der Waals surface area contributed by atoms with Crippen molar-refractivity contribution in [1.82, 2.24) is 15.4 Å². The highest BCUT2D eigenvalue weighted by atomic mass is 16.5. The molecule has 1 unspecified atom stereocenters. The molecule has 0 aliphatic rings. The molecule has 1 heterocycles. The van der Waals surface area contributed by atoms with Gasteiger partial charge < -0.3 is 4.74 Å². The van der Waals surface area contributed by atoms with E-state index in [2.05, 4.69) is 22.0 Å². The number of methoxy groups -OCH3 is 1. The molecule has 0 bridgehead atoms. The highest BCUT2D eigenvalue weighted by molar-refractivity contribution is 5.21. The molecule has 5 nitrogen and oxygen atoms in total. The summed E-state index contributed by atoms with van der Waals surface area (Å²) in [4.78, 5) is 8.20. The first-order valence-electron chi connectivity index (χ1n) is 4.25. The molecule has 1 rings (SSSR count). The maximum atomic E-state index is 5.39. The SMILES string of the molecule is C=CCC(NN)c1nccnc1OC. The van der Waals surface area contributed by atoms with Crippen LogP contribution in [0.25, 0.3) is 0 Å². The van der Waals surface area contributed by atoms with Gasteiger partial charge in [-0.15, -0.1) is 6.58 Å². The number of rotatable bonds is 5. The second-order valence-corrected chi connectivity index (χ2v) is 2.69. The molecule has 76 valence electrons. The first-order chi connectivity index (χ1) is 6.83. The van der Waals surface area contributed by atoms with Gasteiger partial charge in [-0.1, -0.05) is 6.08 Å². The molecule has 0 spiro atoms. The van der Waals surface area contributed by atoms with E-state index in [1.54, 1.807) is 25.6 Å². The number of nitrogens with one attached hydrogen (secondary N) is 1. The molecular weight excluding hydrogens is 180 g/mol. The van der Waals surface area contributed by atoms with Crippen molar-refractivity contribution in [2.45, 2.75) is 12.5 Å². The Bertz CT molecular complexity index is 303. The third-order valence-corrected chi connectivity index (χ3v) is 1.82. The van der Waals surface area contributed by atoms with E-state index in [-0.39, 0.29) is 6.04 Å². The Morgan fingerprint density at radius 2 is 2.36 bits per heavy atom. The van der Waals surface area contributed by atoms with Crippen molar-refractivity contribution < 1.29 is 4.74 Å². The number of hydrogen-bond donors (Lipinski definition) is 2. The van der Waals surface area contributed by atoms with Gasteiger partial charge in [-0.3, -0.25) is 16.3 Å². The number of nitrogens with zero attached hydrogens (tertiary/aromatic N) is 2. The quantitative estimate of drug-likeness (QED) is 0.407. The zero-order valence-electron chi connectivity index (χ0n) is 8.10. The highest BCUT2D eigenvalue weighted by Gasteiger charge is 2.15. The van der Waals surface area contributed by atoms with E-state index in [1.807, 2.05) is 0 Å². The van der Waals surface area contributed by atoms with Crippen LogP contribution in [0.1, 0.15) is 18.2 Å². The van der Waals surface area contributed by atoms with Gasteiger partial charge in [-0.25, -0.2) is 4.98 Å². The van der Waals surface area contributed by atoms with Gasteiger partial charge in [0.2, 0.25) is 5.88 Å². The maximum absolute atomic E-state index is 5.39. The summed E-state index contributed by atoms with van der Waals surface area (Å²) in [6.45, 7) is 3.64. The predicted molar refractivity (Wildman–Crippen MR) is 53.5 cm³/mol. The molecule has 0 aliphatic heterocycles. The standard InChI is InChI=1S/C9H14N4O/c1-3-4-7(13-10)8-9(14-2)12-6-5-11-8/h3,5-7,13H,1,4,10H2,2H3. The van der Waals surface area contributed by atoms with Crippen LogP contribution >= 0.6 is 0 Å². The van der Waals surface area contributed by atoms with E-state index < -0.39 is 0 Å². The summed E-state index contributed by atoms with van der Waals surface area (Å²) in [5.74, 6) is 5.88. The van der Waals surface area contributed by atoms with Gasteiger partial charge in [-0.05, 0) is 6.42 Å². The number of hydrogen-bond acceptors (Lipinski definition) is 5. The van der Waals surface area contributed by atoms with Crippen LogP contribution < -0.4 is 16.0 Å². The van der Waals surface area contributed by atoms with E-state index in [1.165, 1.54) is 0 Å². The monoisotopic (exact) mass is 194 g/mol. The average molecular weight is 194 g/mol. The van der Waals surface area contributed by atoms with Crippen molar-refractivity contribution in [3.63, 3.8) is 0 Å². The predicted octanol–water partition coefficient (Wildman–Crippen LogP) is 0.566. The topological polar surface area (TPSA) is 73.1 Å². The molecule has 0 radical (unpaired) electrons. The Morgan fingerprint density at radius 1 is 1.64 bits per heavy atom. The Balaban J connectivity index is 2.95. The molecule has 1 aromatic heterocycles. The third-order valence-electron chi connectivity index (χ3n) is 1.82. The van der Waals surface area contributed by atoms with Gasteiger partial charge in [0, 0.05) is 12.4 Å². The molecule has 0 aliphatic carbocycles. The zero-order valence-corrected chi connectivity index (χ0v) is 8.10. The molecule has 0 amide bonds. The van der Waals surface area contributed by atoms with Gasteiger partial charge in [-0.2, -0.15) is 0 Å². The normalized spacial score (nSPS) is 12.1. The van der Waals surface area contributed by atoms with Crippen LogP contribution in [0.3, 0.4) is 0 Å². The Labute approximate surface area is 83.0 Å². The second-order valence-electron chi connectivity index (χ2n) is 2.69. The zero-order chi connectivity index (χ0) is 10.4. The summed E-state index contributed by atoms with van der Waals surface area (Å²) < 4.78 is 5.07. The fourth-order valence-electron chi connectivity index (χ4n) is 1.16. The van der Waals surface area contributed by atoms with Crippen molar-refractivity contribution in [3.8, 4) is 5.88 Å². The van der Waals surface area contributed by atoms with Crippen LogP contribution in [-0.4, -0.2) is 17.1 Å². The number of hydrazine groups is 1. The van der Waals surface area contributed by atoms with Crippen molar-refractivity contribution in [1.29, 1.82) is 0 Å². The molecule has 0 aromatic carbocycles. The molecular formula is C9H14N4O. The molecule has 3 N–H and O–H groups in total. The number of ether oxygens (including phenoxy) is 1. The third kappa shape index (κ3) is 2.27. The molecule has 0 fully saturated rings. The van der Waals surface area contributed by atoms with E-state index in [0.717, 1.165) is 0 Å². The van der Waals surface area contributed by atoms with Gasteiger partial charge in [0.05, 0.1) is 13.2 Å². The second kappa shape index (κ2) is 5.31. The summed E-state index contributed by atoms with van der Waals surface area (Å²) in [6, 6.07) is -0.115. The molecule has 1 aromatic rings. The van der Waals surface area contributed by atoms with Crippen molar-refractivity contribution in [2.75, 3.05) is 7.11 Å². The fraction of sp³-hybridized carbons (Fsp3) is 0.333. The summed E-state index contributed by atoms with van der Waals surface area (Å²) >= 11 is 0. The van der Waals surface area contributed by atoms with Crippen LogP contribution in [0.15, 0.2) is 25.0 Å². The van der Waals surface area contributed by atoms with E-state index in [4.69, 9.17) is 10.6 Å². The molecule has 0 saturated carbocycles. The Morgan fingerprint density at radius 3 is 2.93 bits per heavy atom. The minimum absolute atomic E-state index is 0.115. The lowest BCUT2D eigenvalue weighted by molar-refractivity contribution is 0.378. The summed E-state index contributed by atoms with van der Waals surface area (Å²) in [6.07, 6.45) is 5.61. The average Bonchev–Trinajstić information content (AvgIpc) is 2.26. The van der Waals surface area contributed by atoms with Gasteiger partial charge in [0.25, 0.3) is 0 Å². The lowest BCUT2D eigenvalue weighted by Gasteiger charge is -2.14. The minimum atomic E-state index is -0.115. The lowest BCUT2D eigenvalue weighted by Crippen LogP contribution is -2.28. The molecule has 14 heavy (non-hydrogen) atoms. The van der Waals surface area contributed by atoms with Crippen LogP contribution in [-0.2, 0) is 0 Å². The van der Waals surface area contributed by atoms with E-state index >= 15 is 0 Å². The Hall–Kier alpha value is -1.46. The van der Waals surface area contributed by atoms with Crippen LogP contribution in [0.5, 0.6) is 5.88 Å². The lowest BCUT2D eigenvalue weighted by atomic mass is 10.1. The first-order valence-corrected chi connectivity index (χ1v) is 4.25. The molecule has 1 atom stereocenters. The van der Waals surface area contributed by atoms with Crippen LogP contribution in [0.2, 0.25) is 0 Å². The largest absolute Gasteiger partial charge is 0.480 e. The smallest absolute Gasteiger partial charge is 0.237 e. The summed E-state index contributed by atoms with van der Waals surface area (Å²) in [5.41, 5.74) is 3.33. The fourth-order valence-corrected chi connectivity index (χ4v) is 1.16. The highest BCUT2D eigenvalue weighted by Crippen LogP contribution is 2.21. The van der Waals surface area contributed by atoms with Gasteiger partial charge >= 0.3 is 0 Å². The van der Waals surface area contributed by atoms with Crippen molar-refractivity contribution in [2.24, 2.45) is 5.84 Å². The number of aromatic nitrogens is 2. The van der Waals surface area contributed by atoms with Crippen LogP contribution in [0.4, 0.5) is 0 Å². The Kier molecular flexibility index (Phi) is 4.03. The van der Waals surface area contributed by atoms with Gasteiger partial charge in [0.1, 0.15) is 5.69 Å². The van der Waals surface area contributed by atoms with E-state index in [0.29, 0.717) is 18.0 Å². The first kappa shape index (κ1) is 10.6. The minimum Gasteiger partial charge on any atom is -0.480 e.